The second kappa shape index (κ2) is 11.6. The molecule has 0 aromatic heterocycles. The summed E-state index contributed by atoms with van der Waals surface area (Å²) in [6, 6.07) is 17.3. The first kappa shape index (κ1) is 27.5. The van der Waals surface area contributed by atoms with Crippen molar-refractivity contribution < 1.29 is 14.3 Å². The Kier molecular flexibility index (Phi) is 8.16. The highest BCUT2D eigenvalue weighted by molar-refractivity contribution is 5.95. The quantitative estimate of drug-likeness (QED) is 0.270. The number of carbonyl (C=O) groups excluding carboxylic acids is 2. The Morgan fingerprint density at radius 3 is 2.18 bits per heavy atom. The Labute approximate surface area is 234 Å². The van der Waals surface area contributed by atoms with E-state index in [4.69, 9.17) is 4.74 Å². The van der Waals surface area contributed by atoms with Crippen LogP contribution < -0.4 is 9.80 Å². The molecule has 0 heterocycles. The largest absolute Gasteiger partial charge is 0.466 e. The molecule has 0 spiro atoms. The third kappa shape index (κ3) is 5.92. The number of hydrogen-bond acceptors (Lipinski definition) is 4. The van der Waals surface area contributed by atoms with Crippen molar-refractivity contribution in [3.05, 3.63) is 65.7 Å². The fraction of sp³-hybridized carbons (Fsp3) is 0.529. The zero-order valence-corrected chi connectivity index (χ0v) is 24.0. The van der Waals surface area contributed by atoms with Crippen LogP contribution in [0.2, 0.25) is 0 Å². The molecule has 5 nitrogen and oxygen atoms in total. The molecule has 2 bridgehead atoms. The molecule has 4 aliphatic carbocycles. The number of fused-ring (bicyclic) bond motifs is 3. The standard InChI is InChI=1S/C34H44N2O3/c1-35(2)29-15-13-28(14-16-29)34-21-18-33(19-22-34,20-23-34)25-36(32(38)27-9-5-4-6-10-27)30-11-7-8-26(24-30)12-17-31(37)39-3/h7-8,11-17,24,27H,4-6,9-10,18-23,25H2,1-3H3/b17-12+. The van der Waals surface area contributed by atoms with E-state index in [9.17, 15) is 9.59 Å². The number of benzene rings is 2. The van der Waals surface area contributed by atoms with E-state index in [1.54, 1.807) is 6.08 Å². The first-order valence-electron chi connectivity index (χ1n) is 14.8. The predicted octanol–water partition coefficient (Wildman–Crippen LogP) is 7.14. The van der Waals surface area contributed by atoms with Crippen molar-refractivity contribution in [1.82, 2.24) is 0 Å². The fourth-order valence-corrected chi connectivity index (χ4v) is 7.28. The van der Waals surface area contributed by atoms with Crippen LogP contribution in [0.1, 0.15) is 81.8 Å². The zero-order valence-electron chi connectivity index (χ0n) is 24.0. The number of ether oxygens (including phenoxy) is 1. The summed E-state index contributed by atoms with van der Waals surface area (Å²) in [5.41, 5.74) is 5.05. The van der Waals surface area contributed by atoms with Gasteiger partial charge in [-0.25, -0.2) is 4.79 Å². The molecular formula is C34H44N2O3. The van der Waals surface area contributed by atoms with E-state index in [0.29, 0.717) is 5.91 Å². The van der Waals surface area contributed by atoms with Gasteiger partial charge in [0.2, 0.25) is 5.91 Å². The highest BCUT2D eigenvalue weighted by atomic mass is 16.5. The minimum absolute atomic E-state index is 0.117. The van der Waals surface area contributed by atoms with Gasteiger partial charge in [0.1, 0.15) is 0 Å². The van der Waals surface area contributed by atoms with E-state index >= 15 is 0 Å². The highest BCUT2D eigenvalue weighted by Gasteiger charge is 2.50. The second-order valence-corrected chi connectivity index (χ2v) is 12.4. The van der Waals surface area contributed by atoms with Crippen LogP contribution in [-0.4, -0.2) is 39.6 Å². The number of carbonyl (C=O) groups is 2. The van der Waals surface area contributed by atoms with Gasteiger partial charge >= 0.3 is 5.97 Å². The van der Waals surface area contributed by atoms with Crippen molar-refractivity contribution in [1.29, 1.82) is 0 Å². The van der Waals surface area contributed by atoms with E-state index in [0.717, 1.165) is 43.5 Å². The van der Waals surface area contributed by atoms with Gasteiger partial charge < -0.3 is 14.5 Å². The van der Waals surface area contributed by atoms with Crippen LogP contribution in [0.4, 0.5) is 11.4 Å². The zero-order chi connectivity index (χ0) is 27.5. The van der Waals surface area contributed by atoms with Crippen LogP contribution in [0.25, 0.3) is 6.08 Å². The van der Waals surface area contributed by atoms with Crippen molar-refractivity contribution in [3.8, 4) is 0 Å². The van der Waals surface area contributed by atoms with Gasteiger partial charge in [0.05, 0.1) is 7.11 Å². The van der Waals surface area contributed by atoms with Gasteiger partial charge in [0, 0.05) is 44.0 Å². The number of methoxy groups -OCH3 is 1. The maximum absolute atomic E-state index is 14.1. The lowest BCUT2D eigenvalue weighted by Gasteiger charge is -2.55. The Morgan fingerprint density at radius 1 is 0.897 bits per heavy atom. The Hall–Kier alpha value is -3.08. The van der Waals surface area contributed by atoms with E-state index in [1.165, 1.54) is 69.4 Å². The molecule has 39 heavy (non-hydrogen) atoms. The SMILES string of the molecule is COC(=O)/C=C/c1cccc(N(CC23CCC(c4ccc(N(C)C)cc4)(CC2)CC3)C(=O)C2CCCCC2)c1. The second-order valence-electron chi connectivity index (χ2n) is 12.4. The van der Waals surface area contributed by atoms with Gasteiger partial charge in [-0.1, -0.05) is 43.5 Å². The molecule has 4 aliphatic rings. The van der Waals surface area contributed by atoms with Crippen molar-refractivity contribution in [2.75, 3.05) is 37.5 Å². The summed E-state index contributed by atoms with van der Waals surface area (Å²) in [4.78, 5) is 30.0. The number of esters is 1. The highest BCUT2D eigenvalue weighted by Crippen LogP contribution is 2.58. The minimum Gasteiger partial charge on any atom is -0.466 e. The summed E-state index contributed by atoms with van der Waals surface area (Å²) in [7, 11) is 5.57. The van der Waals surface area contributed by atoms with Gasteiger partial charge in [-0.3, -0.25) is 4.79 Å². The molecular weight excluding hydrogens is 484 g/mol. The molecule has 2 aromatic carbocycles. The van der Waals surface area contributed by atoms with E-state index < -0.39 is 0 Å². The lowest BCUT2D eigenvalue weighted by molar-refractivity contribution is -0.134. The Bertz CT molecular complexity index is 1170. The van der Waals surface area contributed by atoms with Crippen molar-refractivity contribution in [2.45, 2.75) is 76.0 Å². The van der Waals surface area contributed by atoms with E-state index in [2.05, 4.69) is 60.3 Å². The van der Waals surface area contributed by atoms with E-state index in [-0.39, 0.29) is 22.7 Å². The molecule has 2 aromatic rings. The van der Waals surface area contributed by atoms with Crippen molar-refractivity contribution in [3.63, 3.8) is 0 Å². The molecule has 6 rings (SSSR count). The molecule has 0 radical (unpaired) electrons. The lowest BCUT2D eigenvalue weighted by Crippen LogP contribution is -2.51. The summed E-state index contributed by atoms with van der Waals surface area (Å²) in [5.74, 6) is 0.0319. The molecule has 208 valence electrons. The number of hydrogen-bond donors (Lipinski definition) is 0. The maximum Gasteiger partial charge on any atom is 0.330 e. The molecule has 0 N–H and O–H groups in total. The Morgan fingerprint density at radius 2 is 1.56 bits per heavy atom. The van der Waals surface area contributed by atoms with Gasteiger partial charge in [-0.05, 0) is 104 Å². The first-order chi connectivity index (χ1) is 18.8. The van der Waals surface area contributed by atoms with Crippen LogP contribution in [0.15, 0.2) is 54.6 Å². The van der Waals surface area contributed by atoms with Crippen LogP contribution in [0.5, 0.6) is 0 Å². The smallest absolute Gasteiger partial charge is 0.330 e. The average Bonchev–Trinajstić information content (AvgIpc) is 3.00. The number of anilines is 2. The number of nitrogens with zero attached hydrogens (tertiary/aromatic N) is 2. The number of rotatable bonds is 8. The average molecular weight is 529 g/mol. The van der Waals surface area contributed by atoms with Crippen molar-refractivity contribution in [2.24, 2.45) is 11.3 Å². The molecule has 0 atom stereocenters. The van der Waals surface area contributed by atoms with Crippen LogP contribution in [-0.2, 0) is 19.7 Å². The molecule has 5 heteroatoms. The summed E-state index contributed by atoms with van der Waals surface area (Å²) >= 11 is 0. The number of amides is 1. The van der Waals surface area contributed by atoms with Crippen LogP contribution in [0, 0.1) is 11.3 Å². The monoisotopic (exact) mass is 528 g/mol. The minimum atomic E-state index is -0.376. The topological polar surface area (TPSA) is 49.9 Å². The van der Waals surface area contributed by atoms with Gasteiger partial charge in [0.25, 0.3) is 0 Å². The summed E-state index contributed by atoms with van der Waals surface area (Å²) in [5, 5.41) is 0. The fourth-order valence-electron chi connectivity index (χ4n) is 7.28. The summed E-state index contributed by atoms with van der Waals surface area (Å²) in [6.45, 7) is 0.794. The van der Waals surface area contributed by atoms with Crippen LogP contribution >= 0.6 is 0 Å². The molecule has 1 amide bonds. The molecule has 4 saturated carbocycles. The first-order valence-corrected chi connectivity index (χ1v) is 14.8. The molecule has 0 saturated heterocycles. The van der Waals surface area contributed by atoms with Crippen LogP contribution in [0.3, 0.4) is 0 Å². The third-order valence-corrected chi connectivity index (χ3v) is 9.91. The van der Waals surface area contributed by atoms with Crippen molar-refractivity contribution >= 4 is 29.3 Å². The van der Waals surface area contributed by atoms with E-state index in [1.807, 2.05) is 12.1 Å². The Balaban J connectivity index is 1.37. The third-order valence-electron chi connectivity index (χ3n) is 9.91. The van der Waals surface area contributed by atoms with Gasteiger partial charge in [-0.2, -0.15) is 0 Å². The molecule has 4 fully saturated rings. The summed E-state index contributed by atoms with van der Waals surface area (Å²) < 4.78 is 4.76. The maximum atomic E-state index is 14.1. The normalized spacial score (nSPS) is 25.0. The van der Waals surface area contributed by atoms with Gasteiger partial charge in [-0.15, -0.1) is 0 Å². The lowest BCUT2D eigenvalue weighted by atomic mass is 9.51. The summed E-state index contributed by atoms with van der Waals surface area (Å²) in [6.07, 6.45) is 15.8. The predicted molar refractivity (Wildman–Crippen MR) is 159 cm³/mol. The van der Waals surface area contributed by atoms with Gasteiger partial charge in [0.15, 0.2) is 0 Å². The molecule has 0 aliphatic heterocycles. The molecule has 0 unspecified atom stereocenters.